The van der Waals surface area contributed by atoms with Crippen LogP contribution in [0.3, 0.4) is 0 Å². The van der Waals surface area contributed by atoms with E-state index < -0.39 is 10.0 Å². The molecule has 0 radical (unpaired) electrons. The Labute approximate surface area is 160 Å². The molecule has 2 heterocycles. The van der Waals surface area contributed by atoms with E-state index in [1.807, 2.05) is 31.2 Å². The largest absolute Gasteiger partial charge is 0.492 e. The number of benzene rings is 1. The predicted molar refractivity (Wildman–Crippen MR) is 102 cm³/mol. The Bertz CT molecular complexity index is 842. The van der Waals surface area contributed by atoms with E-state index in [0.717, 1.165) is 25.3 Å². The summed E-state index contributed by atoms with van der Waals surface area (Å²) in [5.41, 5.74) is 1.62. The fourth-order valence-corrected chi connectivity index (χ4v) is 5.07. The molecule has 7 nitrogen and oxygen atoms in total. The van der Waals surface area contributed by atoms with Gasteiger partial charge in [0.15, 0.2) is 5.76 Å². The quantitative estimate of drug-likeness (QED) is 0.750. The van der Waals surface area contributed by atoms with Gasteiger partial charge in [0, 0.05) is 26.2 Å². The summed E-state index contributed by atoms with van der Waals surface area (Å²) in [6.07, 6.45) is 0.785. The van der Waals surface area contributed by atoms with Crippen molar-refractivity contribution in [3.8, 4) is 5.75 Å². The third-order valence-corrected chi connectivity index (χ3v) is 6.95. The van der Waals surface area contributed by atoms with Gasteiger partial charge < -0.3 is 9.26 Å². The molecule has 0 unspecified atom stereocenters. The van der Waals surface area contributed by atoms with Gasteiger partial charge in [-0.25, -0.2) is 8.42 Å². The van der Waals surface area contributed by atoms with Crippen LogP contribution in [0.2, 0.25) is 0 Å². The maximum atomic E-state index is 13.0. The summed E-state index contributed by atoms with van der Waals surface area (Å²) in [6, 6.07) is 7.99. The summed E-state index contributed by atoms with van der Waals surface area (Å²) in [4.78, 5) is 2.45. The van der Waals surface area contributed by atoms with Crippen molar-refractivity contribution in [1.29, 1.82) is 0 Å². The molecule has 0 amide bonds. The van der Waals surface area contributed by atoms with Crippen LogP contribution in [0.4, 0.5) is 0 Å². The van der Waals surface area contributed by atoms with Crippen LogP contribution >= 0.6 is 0 Å². The molecule has 0 atom stereocenters. The standard InChI is InChI=1S/C19H27N3O4S/c1-15-5-7-18(8-6-15)25-14-13-21-9-4-10-22(12-11-21)27(23,24)19-16(2)20-26-17(19)3/h5-8H,4,9-14H2,1-3H3. The molecule has 148 valence electrons. The first-order chi connectivity index (χ1) is 12.9. The first kappa shape index (κ1) is 19.9. The Morgan fingerprint density at radius 1 is 1.07 bits per heavy atom. The summed E-state index contributed by atoms with van der Waals surface area (Å²) in [5.74, 6) is 1.21. The van der Waals surface area contributed by atoms with E-state index in [1.165, 1.54) is 5.56 Å². The average Bonchev–Trinajstić information content (AvgIpc) is 2.83. The summed E-state index contributed by atoms with van der Waals surface area (Å²) in [5, 5.41) is 3.78. The lowest BCUT2D eigenvalue weighted by Gasteiger charge is -2.21. The molecule has 2 aromatic rings. The van der Waals surface area contributed by atoms with Gasteiger partial charge in [-0.15, -0.1) is 0 Å². The second-order valence-electron chi connectivity index (χ2n) is 6.91. The molecule has 0 spiro atoms. The molecule has 1 aliphatic rings. The zero-order valence-corrected chi connectivity index (χ0v) is 17.0. The predicted octanol–water partition coefficient (Wildman–Crippen LogP) is 2.38. The van der Waals surface area contributed by atoms with Crippen molar-refractivity contribution in [2.45, 2.75) is 32.1 Å². The van der Waals surface area contributed by atoms with Crippen LogP contribution < -0.4 is 4.74 Å². The van der Waals surface area contributed by atoms with Crippen molar-refractivity contribution < 1.29 is 17.7 Å². The summed E-state index contributed by atoms with van der Waals surface area (Å²) >= 11 is 0. The molecule has 0 N–H and O–H groups in total. The topological polar surface area (TPSA) is 75.9 Å². The Hall–Kier alpha value is -1.90. The lowest BCUT2D eigenvalue weighted by Crippen LogP contribution is -2.36. The number of rotatable bonds is 6. The number of hydrogen-bond acceptors (Lipinski definition) is 6. The zero-order chi connectivity index (χ0) is 19.4. The van der Waals surface area contributed by atoms with E-state index in [2.05, 4.69) is 10.1 Å². The molecule has 1 aromatic carbocycles. The van der Waals surface area contributed by atoms with Crippen molar-refractivity contribution in [3.05, 3.63) is 41.3 Å². The highest BCUT2D eigenvalue weighted by Crippen LogP contribution is 2.24. The second-order valence-corrected chi connectivity index (χ2v) is 8.79. The van der Waals surface area contributed by atoms with Gasteiger partial charge in [-0.3, -0.25) is 4.90 Å². The van der Waals surface area contributed by atoms with Crippen LogP contribution in [0.5, 0.6) is 5.75 Å². The highest BCUT2D eigenvalue weighted by Gasteiger charge is 2.32. The molecule has 3 rings (SSSR count). The number of sulfonamides is 1. The minimum Gasteiger partial charge on any atom is -0.492 e. The van der Waals surface area contributed by atoms with E-state index in [1.54, 1.807) is 18.2 Å². The SMILES string of the molecule is Cc1ccc(OCCN2CCCN(S(=O)(=O)c3c(C)noc3C)CC2)cc1. The number of nitrogens with zero attached hydrogens (tertiary/aromatic N) is 3. The van der Waals surface area contributed by atoms with Gasteiger partial charge in [0.2, 0.25) is 10.0 Å². The molecule has 8 heteroatoms. The molecule has 0 saturated carbocycles. The highest BCUT2D eigenvalue weighted by atomic mass is 32.2. The van der Waals surface area contributed by atoms with Crippen LogP contribution in [0.25, 0.3) is 0 Å². The lowest BCUT2D eigenvalue weighted by atomic mass is 10.2. The van der Waals surface area contributed by atoms with Crippen molar-refractivity contribution in [2.24, 2.45) is 0 Å². The van der Waals surface area contributed by atoms with Gasteiger partial charge in [0.05, 0.1) is 0 Å². The van der Waals surface area contributed by atoms with E-state index in [-0.39, 0.29) is 4.90 Å². The smallest absolute Gasteiger partial charge is 0.248 e. The fourth-order valence-electron chi connectivity index (χ4n) is 3.31. The summed E-state index contributed by atoms with van der Waals surface area (Å²) in [6.45, 7) is 9.19. The van der Waals surface area contributed by atoms with Gasteiger partial charge in [-0.05, 0) is 45.9 Å². The molecule has 1 aromatic heterocycles. The Kier molecular flexibility index (Phi) is 6.18. The molecule has 1 aliphatic heterocycles. The highest BCUT2D eigenvalue weighted by molar-refractivity contribution is 7.89. The molecule has 0 bridgehead atoms. The molecule has 1 saturated heterocycles. The Morgan fingerprint density at radius 2 is 1.81 bits per heavy atom. The first-order valence-corrected chi connectivity index (χ1v) is 10.7. The third kappa shape index (κ3) is 4.69. The zero-order valence-electron chi connectivity index (χ0n) is 16.1. The summed E-state index contributed by atoms with van der Waals surface area (Å²) < 4.78 is 38.3. The minimum atomic E-state index is -3.58. The molecule has 1 fully saturated rings. The van der Waals surface area contributed by atoms with Gasteiger partial charge in [0.1, 0.15) is 22.9 Å². The van der Waals surface area contributed by atoms with E-state index in [9.17, 15) is 8.42 Å². The number of aryl methyl sites for hydroxylation is 3. The molecule has 27 heavy (non-hydrogen) atoms. The van der Waals surface area contributed by atoms with Crippen LogP contribution in [0.15, 0.2) is 33.7 Å². The van der Waals surface area contributed by atoms with Crippen molar-refractivity contribution in [2.75, 3.05) is 39.3 Å². The third-order valence-electron chi connectivity index (χ3n) is 4.81. The van der Waals surface area contributed by atoms with Crippen LogP contribution in [-0.4, -0.2) is 62.1 Å². The molecular weight excluding hydrogens is 366 g/mol. The molecule has 0 aliphatic carbocycles. The average molecular weight is 394 g/mol. The lowest BCUT2D eigenvalue weighted by molar-refractivity contribution is 0.215. The van der Waals surface area contributed by atoms with Gasteiger partial charge in [-0.1, -0.05) is 22.9 Å². The van der Waals surface area contributed by atoms with Gasteiger partial charge >= 0.3 is 0 Å². The van der Waals surface area contributed by atoms with Gasteiger partial charge in [-0.2, -0.15) is 4.31 Å². The maximum absolute atomic E-state index is 13.0. The van der Waals surface area contributed by atoms with Gasteiger partial charge in [0.25, 0.3) is 0 Å². The molecular formula is C19H27N3O4S. The van der Waals surface area contributed by atoms with Crippen molar-refractivity contribution >= 4 is 10.0 Å². The van der Waals surface area contributed by atoms with E-state index >= 15 is 0 Å². The number of hydrogen-bond donors (Lipinski definition) is 0. The monoisotopic (exact) mass is 393 g/mol. The van der Waals surface area contributed by atoms with E-state index in [4.69, 9.17) is 9.26 Å². The summed E-state index contributed by atoms with van der Waals surface area (Å²) in [7, 11) is -3.58. The van der Waals surface area contributed by atoms with Crippen LogP contribution in [0, 0.1) is 20.8 Å². The van der Waals surface area contributed by atoms with Crippen LogP contribution in [-0.2, 0) is 10.0 Å². The van der Waals surface area contributed by atoms with Crippen molar-refractivity contribution in [1.82, 2.24) is 14.4 Å². The maximum Gasteiger partial charge on any atom is 0.248 e. The van der Waals surface area contributed by atoms with Crippen molar-refractivity contribution in [3.63, 3.8) is 0 Å². The number of ether oxygens (including phenoxy) is 1. The normalized spacial score (nSPS) is 17.0. The van der Waals surface area contributed by atoms with Crippen LogP contribution in [0.1, 0.15) is 23.4 Å². The van der Waals surface area contributed by atoms with E-state index in [0.29, 0.717) is 37.7 Å². The first-order valence-electron chi connectivity index (χ1n) is 9.23. The minimum absolute atomic E-state index is 0.207. The Morgan fingerprint density at radius 3 is 2.48 bits per heavy atom. The Balaban J connectivity index is 1.55. The fraction of sp³-hybridized carbons (Fsp3) is 0.526. The second kappa shape index (κ2) is 8.41. The number of aromatic nitrogens is 1.